The molecular formula is C25H33N5O3. The van der Waals surface area contributed by atoms with Crippen molar-refractivity contribution >= 4 is 17.8 Å². The molecule has 4 amide bonds. The fourth-order valence-electron chi connectivity index (χ4n) is 3.71. The molecule has 0 saturated carbocycles. The molecule has 1 aliphatic rings. The van der Waals surface area contributed by atoms with Crippen LogP contribution in [-0.4, -0.2) is 78.9 Å². The molecule has 33 heavy (non-hydrogen) atoms. The van der Waals surface area contributed by atoms with Crippen LogP contribution in [0.5, 0.6) is 0 Å². The van der Waals surface area contributed by atoms with Gasteiger partial charge in [0.15, 0.2) is 0 Å². The van der Waals surface area contributed by atoms with Crippen molar-refractivity contribution in [2.75, 3.05) is 46.3 Å². The third-order valence-corrected chi connectivity index (χ3v) is 5.65. The van der Waals surface area contributed by atoms with E-state index < -0.39 is 0 Å². The van der Waals surface area contributed by atoms with Gasteiger partial charge in [0, 0.05) is 59.3 Å². The Morgan fingerprint density at radius 2 is 1.45 bits per heavy atom. The van der Waals surface area contributed by atoms with Crippen LogP contribution in [0.4, 0.5) is 4.79 Å². The maximum Gasteiger partial charge on any atom is 0.317 e. The Kier molecular flexibility index (Phi) is 9.26. The van der Waals surface area contributed by atoms with Gasteiger partial charge in [0.2, 0.25) is 11.8 Å². The molecule has 1 fully saturated rings. The summed E-state index contributed by atoms with van der Waals surface area (Å²) in [5.74, 6) is 0.00940. The van der Waals surface area contributed by atoms with Gasteiger partial charge in [-0.2, -0.15) is 0 Å². The number of amides is 4. The zero-order chi connectivity index (χ0) is 23.5. The second-order valence-electron chi connectivity index (χ2n) is 8.24. The highest BCUT2D eigenvalue weighted by Crippen LogP contribution is 2.05. The number of nitrogens with zero attached hydrogens (tertiary/aromatic N) is 3. The summed E-state index contributed by atoms with van der Waals surface area (Å²) in [5.41, 5.74) is 2.12. The molecular weight excluding hydrogens is 418 g/mol. The Balaban J connectivity index is 1.29. The molecule has 3 rings (SSSR count). The average Bonchev–Trinajstić information content (AvgIpc) is 2.84. The van der Waals surface area contributed by atoms with Crippen molar-refractivity contribution < 1.29 is 14.4 Å². The zero-order valence-corrected chi connectivity index (χ0v) is 19.2. The minimum Gasteiger partial charge on any atom is -0.351 e. The van der Waals surface area contributed by atoms with Crippen molar-refractivity contribution in [1.82, 2.24) is 25.3 Å². The van der Waals surface area contributed by atoms with E-state index in [1.165, 1.54) is 0 Å². The molecule has 0 atom stereocenters. The predicted octanol–water partition coefficient (Wildman–Crippen LogP) is 1.68. The Morgan fingerprint density at radius 1 is 0.848 bits per heavy atom. The first-order valence-corrected chi connectivity index (χ1v) is 11.3. The Labute approximate surface area is 195 Å². The van der Waals surface area contributed by atoms with Gasteiger partial charge in [-0.05, 0) is 11.1 Å². The molecule has 1 saturated heterocycles. The summed E-state index contributed by atoms with van der Waals surface area (Å²) >= 11 is 0. The van der Waals surface area contributed by atoms with Crippen LogP contribution in [0.3, 0.4) is 0 Å². The summed E-state index contributed by atoms with van der Waals surface area (Å²) < 4.78 is 0. The third-order valence-electron chi connectivity index (χ3n) is 5.65. The second kappa shape index (κ2) is 12.6. The van der Waals surface area contributed by atoms with Crippen molar-refractivity contribution in [3.05, 3.63) is 71.8 Å². The number of carbonyl (C=O) groups is 3. The van der Waals surface area contributed by atoms with E-state index in [-0.39, 0.29) is 24.3 Å². The van der Waals surface area contributed by atoms with Crippen LogP contribution in [0.2, 0.25) is 0 Å². The van der Waals surface area contributed by atoms with E-state index in [2.05, 4.69) is 15.5 Å². The van der Waals surface area contributed by atoms with Gasteiger partial charge < -0.3 is 20.4 Å². The van der Waals surface area contributed by atoms with Crippen molar-refractivity contribution in [3.63, 3.8) is 0 Å². The topological polar surface area (TPSA) is 85.0 Å². The fourth-order valence-corrected chi connectivity index (χ4v) is 3.71. The molecule has 8 heteroatoms. The molecule has 0 spiro atoms. The van der Waals surface area contributed by atoms with Crippen LogP contribution in [0.15, 0.2) is 60.7 Å². The summed E-state index contributed by atoms with van der Waals surface area (Å²) in [6, 6.07) is 19.4. The molecule has 1 heterocycles. The lowest BCUT2D eigenvalue weighted by Crippen LogP contribution is -2.51. The first-order valence-electron chi connectivity index (χ1n) is 11.3. The summed E-state index contributed by atoms with van der Waals surface area (Å²) in [6.07, 6.45) is 0.266. The molecule has 8 nitrogen and oxygen atoms in total. The number of hydrogen-bond donors (Lipinski definition) is 2. The molecule has 1 aliphatic heterocycles. The third kappa shape index (κ3) is 8.23. The number of rotatable bonds is 9. The van der Waals surface area contributed by atoms with Crippen molar-refractivity contribution in [1.29, 1.82) is 0 Å². The highest BCUT2D eigenvalue weighted by Gasteiger charge is 2.22. The Hall–Kier alpha value is -3.39. The van der Waals surface area contributed by atoms with E-state index in [0.717, 1.165) is 11.1 Å². The lowest BCUT2D eigenvalue weighted by Gasteiger charge is -2.34. The maximum absolute atomic E-state index is 12.5. The summed E-state index contributed by atoms with van der Waals surface area (Å²) in [4.78, 5) is 42.4. The predicted molar refractivity (Wildman–Crippen MR) is 127 cm³/mol. The lowest BCUT2D eigenvalue weighted by molar-refractivity contribution is -0.133. The van der Waals surface area contributed by atoms with Crippen LogP contribution in [0.1, 0.15) is 17.5 Å². The molecule has 0 bridgehead atoms. The first-order chi connectivity index (χ1) is 16.0. The number of carbonyl (C=O) groups excluding carboxylic acids is 3. The van der Waals surface area contributed by atoms with E-state index >= 15 is 0 Å². The van der Waals surface area contributed by atoms with Crippen molar-refractivity contribution in [2.24, 2.45) is 0 Å². The van der Waals surface area contributed by atoms with E-state index in [1.54, 1.807) is 16.8 Å². The van der Waals surface area contributed by atoms with Gasteiger partial charge in [0.25, 0.3) is 0 Å². The zero-order valence-electron chi connectivity index (χ0n) is 19.2. The Bertz CT molecular complexity index is 899. The highest BCUT2D eigenvalue weighted by atomic mass is 16.2. The molecule has 176 valence electrons. The molecule has 0 aliphatic carbocycles. The van der Waals surface area contributed by atoms with Gasteiger partial charge in [-0.25, -0.2) is 4.79 Å². The van der Waals surface area contributed by atoms with E-state index in [1.807, 2.05) is 60.7 Å². The van der Waals surface area contributed by atoms with Gasteiger partial charge in [0.05, 0.1) is 6.54 Å². The van der Waals surface area contributed by atoms with E-state index in [4.69, 9.17) is 0 Å². The smallest absolute Gasteiger partial charge is 0.317 e. The molecule has 2 aromatic carbocycles. The first kappa shape index (κ1) is 24.3. The molecule has 0 aromatic heterocycles. The van der Waals surface area contributed by atoms with E-state index in [9.17, 15) is 14.4 Å². The Morgan fingerprint density at radius 3 is 2.09 bits per heavy atom. The number of urea groups is 1. The standard InChI is InChI=1S/C25H33N5O3/c1-28(19-22-10-6-3-7-11-22)25(33)26-13-12-24(32)30-16-14-29(15-17-30)20-23(31)27-18-21-8-4-2-5-9-21/h2-11H,12-20H2,1H3,(H,26,33)(H,27,31). The maximum atomic E-state index is 12.5. The largest absolute Gasteiger partial charge is 0.351 e. The fraction of sp³-hybridized carbons (Fsp3) is 0.400. The molecule has 2 N–H and O–H groups in total. The van der Waals surface area contributed by atoms with Crippen LogP contribution in [0, 0.1) is 0 Å². The van der Waals surface area contributed by atoms with E-state index in [0.29, 0.717) is 52.4 Å². The molecule has 0 radical (unpaired) electrons. The summed E-state index contributed by atoms with van der Waals surface area (Å²) in [6.45, 7) is 4.18. The molecule has 2 aromatic rings. The van der Waals surface area contributed by atoms with Crippen molar-refractivity contribution in [2.45, 2.75) is 19.5 Å². The highest BCUT2D eigenvalue weighted by molar-refractivity contribution is 5.79. The monoisotopic (exact) mass is 451 g/mol. The minimum atomic E-state index is -0.196. The summed E-state index contributed by atoms with van der Waals surface area (Å²) in [7, 11) is 1.74. The second-order valence-corrected chi connectivity index (χ2v) is 8.24. The van der Waals surface area contributed by atoms with Gasteiger partial charge in [-0.15, -0.1) is 0 Å². The van der Waals surface area contributed by atoms with Crippen molar-refractivity contribution in [3.8, 4) is 0 Å². The quantitative estimate of drug-likeness (QED) is 0.608. The number of benzene rings is 2. The van der Waals surface area contributed by atoms with Gasteiger partial charge in [-0.1, -0.05) is 60.7 Å². The van der Waals surface area contributed by atoms with Gasteiger partial charge in [-0.3, -0.25) is 14.5 Å². The lowest BCUT2D eigenvalue weighted by atomic mass is 10.2. The number of piperazine rings is 1. The SMILES string of the molecule is CN(Cc1ccccc1)C(=O)NCCC(=O)N1CCN(CC(=O)NCc2ccccc2)CC1. The minimum absolute atomic E-state index is 0.0130. The summed E-state index contributed by atoms with van der Waals surface area (Å²) in [5, 5.41) is 5.75. The number of nitrogens with one attached hydrogen (secondary N) is 2. The van der Waals surface area contributed by atoms with Gasteiger partial charge >= 0.3 is 6.03 Å². The molecule has 0 unspecified atom stereocenters. The van der Waals surface area contributed by atoms with Crippen LogP contribution in [0.25, 0.3) is 0 Å². The van der Waals surface area contributed by atoms with Crippen LogP contribution >= 0.6 is 0 Å². The van der Waals surface area contributed by atoms with Crippen LogP contribution in [-0.2, 0) is 22.7 Å². The van der Waals surface area contributed by atoms with Gasteiger partial charge in [0.1, 0.15) is 0 Å². The average molecular weight is 452 g/mol. The van der Waals surface area contributed by atoms with Crippen LogP contribution < -0.4 is 10.6 Å². The number of hydrogen-bond acceptors (Lipinski definition) is 4. The normalized spacial score (nSPS) is 13.9.